The lowest BCUT2D eigenvalue weighted by atomic mass is 9.81. The summed E-state index contributed by atoms with van der Waals surface area (Å²) in [6.07, 6.45) is 0.715. The van der Waals surface area contributed by atoms with Crippen molar-refractivity contribution in [3.8, 4) is 0 Å². The van der Waals surface area contributed by atoms with Crippen LogP contribution in [0.4, 0.5) is 0 Å². The predicted molar refractivity (Wildman–Crippen MR) is 73.0 cm³/mol. The van der Waals surface area contributed by atoms with Crippen LogP contribution in [0.5, 0.6) is 0 Å². The number of halogens is 2. The van der Waals surface area contributed by atoms with Crippen molar-refractivity contribution in [1.29, 1.82) is 0 Å². The molecule has 3 aliphatic rings. The van der Waals surface area contributed by atoms with Crippen LogP contribution in [0.15, 0.2) is 0 Å². The Balaban J connectivity index is 1.83. The summed E-state index contributed by atoms with van der Waals surface area (Å²) in [5, 5.41) is 8.69. The van der Waals surface area contributed by atoms with Gasteiger partial charge in [0, 0.05) is 16.2 Å². The van der Waals surface area contributed by atoms with Gasteiger partial charge in [0.2, 0.25) is 11.8 Å². The second-order valence-electron chi connectivity index (χ2n) is 5.48. The number of carboxylic acids is 1. The SMILES string of the molecule is O=C(O)CCN1C(=O)[C@@H]2[C@H]3C[C@H]([C@H](Br)[C@@H]3Br)[C@@H]2C1=O. The van der Waals surface area contributed by atoms with Crippen molar-refractivity contribution in [2.75, 3.05) is 6.54 Å². The van der Waals surface area contributed by atoms with Gasteiger partial charge in [0.25, 0.3) is 0 Å². The number of fused-ring (bicyclic) bond motifs is 5. The van der Waals surface area contributed by atoms with Crippen LogP contribution in [0.2, 0.25) is 0 Å². The van der Waals surface area contributed by atoms with E-state index in [1.807, 2.05) is 0 Å². The third-order valence-electron chi connectivity index (χ3n) is 4.63. The highest BCUT2D eigenvalue weighted by atomic mass is 79.9. The number of hydrogen-bond acceptors (Lipinski definition) is 3. The molecule has 0 radical (unpaired) electrons. The second-order valence-corrected chi connectivity index (χ2v) is 7.59. The van der Waals surface area contributed by atoms with Crippen LogP contribution < -0.4 is 0 Å². The zero-order valence-corrected chi connectivity index (χ0v) is 13.1. The molecule has 2 bridgehead atoms. The maximum absolute atomic E-state index is 12.3. The molecule has 3 rings (SSSR count). The van der Waals surface area contributed by atoms with Gasteiger partial charge in [-0.1, -0.05) is 31.9 Å². The number of carboxylic acid groups (broad SMARTS) is 1. The Labute approximate surface area is 127 Å². The lowest BCUT2D eigenvalue weighted by Gasteiger charge is -2.28. The van der Waals surface area contributed by atoms with Gasteiger partial charge in [-0.15, -0.1) is 0 Å². The molecule has 19 heavy (non-hydrogen) atoms. The second kappa shape index (κ2) is 4.55. The number of carbonyl (C=O) groups excluding carboxylic acids is 2. The van der Waals surface area contributed by atoms with Crippen LogP contribution in [0.3, 0.4) is 0 Å². The van der Waals surface area contributed by atoms with Crippen LogP contribution in [-0.2, 0) is 14.4 Å². The van der Waals surface area contributed by atoms with Gasteiger partial charge >= 0.3 is 5.97 Å². The highest BCUT2D eigenvalue weighted by molar-refractivity contribution is 9.12. The summed E-state index contributed by atoms with van der Waals surface area (Å²) in [7, 11) is 0. The number of alkyl halides is 2. The number of hydrogen-bond donors (Lipinski definition) is 1. The normalized spacial score (nSPS) is 44.0. The zero-order valence-electron chi connectivity index (χ0n) is 9.96. The number of amides is 2. The molecule has 7 heteroatoms. The van der Waals surface area contributed by atoms with E-state index in [9.17, 15) is 14.4 Å². The van der Waals surface area contributed by atoms with Crippen LogP contribution in [0, 0.1) is 23.7 Å². The lowest BCUT2D eigenvalue weighted by molar-refractivity contribution is -0.142. The Morgan fingerprint density at radius 1 is 1.16 bits per heavy atom. The Kier molecular flexibility index (Phi) is 3.24. The number of likely N-dealkylation sites (tertiary alicyclic amines) is 1. The van der Waals surface area contributed by atoms with Gasteiger partial charge in [-0.2, -0.15) is 0 Å². The van der Waals surface area contributed by atoms with Crippen molar-refractivity contribution in [1.82, 2.24) is 4.90 Å². The molecule has 2 saturated carbocycles. The minimum atomic E-state index is -0.989. The molecular formula is C12H13Br2NO4. The largest absolute Gasteiger partial charge is 0.481 e. The molecule has 1 saturated heterocycles. The van der Waals surface area contributed by atoms with Crippen molar-refractivity contribution in [3.05, 3.63) is 0 Å². The summed E-state index contributed by atoms with van der Waals surface area (Å²) in [6.45, 7) is -0.000650. The monoisotopic (exact) mass is 393 g/mol. The summed E-state index contributed by atoms with van der Waals surface area (Å²) < 4.78 is 0. The zero-order chi connectivity index (χ0) is 13.9. The van der Waals surface area contributed by atoms with Crippen LogP contribution in [0.25, 0.3) is 0 Å². The average molecular weight is 395 g/mol. The molecule has 5 nitrogen and oxygen atoms in total. The first-order valence-electron chi connectivity index (χ1n) is 6.28. The maximum Gasteiger partial charge on any atom is 0.305 e. The Morgan fingerprint density at radius 3 is 2.05 bits per heavy atom. The number of imide groups is 1. The smallest absolute Gasteiger partial charge is 0.305 e. The number of rotatable bonds is 3. The van der Waals surface area contributed by atoms with Crippen molar-refractivity contribution >= 4 is 49.6 Å². The molecule has 1 aliphatic heterocycles. The summed E-state index contributed by atoms with van der Waals surface area (Å²) in [5.74, 6) is -1.46. The van der Waals surface area contributed by atoms with Gasteiger partial charge in [0.1, 0.15) is 0 Å². The Hall–Kier alpha value is -0.430. The molecule has 1 heterocycles. The molecule has 0 aromatic heterocycles. The van der Waals surface area contributed by atoms with Crippen LogP contribution in [-0.4, -0.2) is 44.0 Å². The molecule has 1 N–H and O–H groups in total. The first-order chi connectivity index (χ1) is 8.93. The third kappa shape index (κ3) is 1.81. The van der Waals surface area contributed by atoms with E-state index in [0.717, 1.165) is 11.3 Å². The summed E-state index contributed by atoms with van der Waals surface area (Å²) >= 11 is 7.21. The van der Waals surface area contributed by atoms with Crippen LogP contribution in [0.1, 0.15) is 12.8 Å². The minimum absolute atomic E-state index is 0.000650. The standard InChI is InChI=1S/C12H13Br2NO4/c13-9-4-3-5(10(9)14)8-7(4)11(18)15(12(8)19)2-1-6(16)17/h4-5,7-10H,1-3H2,(H,16,17)/t4-,5+,7-,8+,9-,10+. The number of carbonyl (C=O) groups is 3. The molecule has 0 aromatic rings. The quantitative estimate of drug-likeness (QED) is 0.577. The average Bonchev–Trinajstić information content (AvgIpc) is 2.93. The topological polar surface area (TPSA) is 74.7 Å². The highest BCUT2D eigenvalue weighted by Crippen LogP contribution is 2.60. The molecule has 0 spiro atoms. The van der Waals surface area contributed by atoms with E-state index in [4.69, 9.17) is 5.11 Å². The molecule has 0 aromatic carbocycles. The fourth-order valence-corrected chi connectivity index (χ4v) is 5.71. The third-order valence-corrected chi connectivity index (χ3v) is 7.83. The number of nitrogens with zero attached hydrogens (tertiary/aromatic N) is 1. The van der Waals surface area contributed by atoms with Crippen molar-refractivity contribution in [2.24, 2.45) is 23.7 Å². The van der Waals surface area contributed by atoms with E-state index >= 15 is 0 Å². The number of aliphatic carboxylic acids is 1. The van der Waals surface area contributed by atoms with E-state index in [1.54, 1.807) is 0 Å². The van der Waals surface area contributed by atoms with Crippen LogP contribution >= 0.6 is 31.9 Å². The van der Waals surface area contributed by atoms with E-state index < -0.39 is 5.97 Å². The fraction of sp³-hybridized carbons (Fsp3) is 0.750. The van der Waals surface area contributed by atoms with E-state index in [2.05, 4.69) is 31.9 Å². The first-order valence-corrected chi connectivity index (χ1v) is 8.11. The summed E-state index contributed by atoms with van der Waals surface area (Å²) in [6, 6.07) is 0. The predicted octanol–water partition coefficient (Wildman–Crippen LogP) is 1.24. The van der Waals surface area contributed by atoms with Gasteiger partial charge in [-0.05, 0) is 18.3 Å². The van der Waals surface area contributed by atoms with Crippen molar-refractivity contribution in [2.45, 2.75) is 22.5 Å². The van der Waals surface area contributed by atoms with Crippen molar-refractivity contribution in [3.63, 3.8) is 0 Å². The molecule has 6 atom stereocenters. The minimum Gasteiger partial charge on any atom is -0.481 e. The molecule has 0 unspecified atom stereocenters. The van der Waals surface area contributed by atoms with E-state index in [0.29, 0.717) is 0 Å². The van der Waals surface area contributed by atoms with Gasteiger partial charge < -0.3 is 5.11 Å². The van der Waals surface area contributed by atoms with E-state index in [-0.39, 0.29) is 58.1 Å². The maximum atomic E-state index is 12.3. The first kappa shape index (κ1) is 13.5. The summed E-state index contributed by atoms with van der Waals surface area (Å²) in [5.41, 5.74) is 0. The fourth-order valence-electron chi connectivity index (χ4n) is 3.84. The summed E-state index contributed by atoms with van der Waals surface area (Å²) in [4.78, 5) is 36.8. The molecule has 2 amide bonds. The van der Waals surface area contributed by atoms with Gasteiger partial charge in [-0.25, -0.2) is 0 Å². The van der Waals surface area contributed by atoms with Gasteiger partial charge in [-0.3, -0.25) is 19.3 Å². The van der Waals surface area contributed by atoms with Gasteiger partial charge in [0.05, 0.1) is 18.3 Å². The molecule has 104 valence electrons. The Bertz CT molecular complexity index is 437. The van der Waals surface area contributed by atoms with E-state index in [1.165, 1.54) is 0 Å². The lowest BCUT2D eigenvalue weighted by Crippen LogP contribution is -2.37. The van der Waals surface area contributed by atoms with Gasteiger partial charge in [0.15, 0.2) is 0 Å². The highest BCUT2D eigenvalue weighted by Gasteiger charge is 2.66. The van der Waals surface area contributed by atoms with Crippen molar-refractivity contribution < 1.29 is 19.5 Å². The molecule has 2 aliphatic carbocycles. The molecule has 3 fully saturated rings. The molecular weight excluding hydrogens is 382 g/mol. The Morgan fingerprint density at radius 2 is 1.63 bits per heavy atom.